The molecule has 0 radical (unpaired) electrons. The number of rotatable bonds is 7. The van der Waals surface area contributed by atoms with Crippen LogP contribution in [-0.4, -0.2) is 47.8 Å². The number of carbonyl (C=O) groups is 1. The lowest BCUT2D eigenvalue weighted by molar-refractivity contribution is 0.0944. The van der Waals surface area contributed by atoms with Gasteiger partial charge in [0.05, 0.1) is 11.4 Å². The van der Waals surface area contributed by atoms with Crippen LogP contribution in [0.5, 0.6) is 0 Å². The molecular formula is C21H23ClN4O. The molecule has 5 nitrogen and oxygen atoms in total. The van der Waals surface area contributed by atoms with E-state index in [4.69, 9.17) is 11.6 Å². The molecule has 0 unspecified atom stereocenters. The van der Waals surface area contributed by atoms with Gasteiger partial charge in [0.1, 0.15) is 5.69 Å². The average Bonchev–Trinajstić information content (AvgIpc) is 3.12. The number of amides is 1. The van der Waals surface area contributed by atoms with Gasteiger partial charge in [-0.15, -0.1) is 0 Å². The summed E-state index contributed by atoms with van der Waals surface area (Å²) < 4.78 is 1.69. The Hall–Kier alpha value is -2.63. The van der Waals surface area contributed by atoms with Crippen molar-refractivity contribution in [1.29, 1.82) is 0 Å². The number of halogens is 1. The van der Waals surface area contributed by atoms with Crippen LogP contribution in [0.2, 0.25) is 5.02 Å². The summed E-state index contributed by atoms with van der Waals surface area (Å²) in [6.07, 6.45) is 0.891. The zero-order valence-electron chi connectivity index (χ0n) is 15.5. The van der Waals surface area contributed by atoms with Gasteiger partial charge in [-0.3, -0.25) is 4.79 Å². The minimum Gasteiger partial charge on any atom is -0.351 e. The van der Waals surface area contributed by atoms with E-state index in [1.807, 2.05) is 74.8 Å². The third-order valence-electron chi connectivity index (χ3n) is 4.15. The molecule has 0 spiro atoms. The Morgan fingerprint density at radius 2 is 1.81 bits per heavy atom. The maximum absolute atomic E-state index is 12.8. The van der Waals surface area contributed by atoms with Gasteiger partial charge in [0.25, 0.3) is 5.91 Å². The van der Waals surface area contributed by atoms with Crippen molar-refractivity contribution in [2.45, 2.75) is 6.42 Å². The average molecular weight is 383 g/mol. The molecule has 0 bridgehead atoms. The first-order valence-electron chi connectivity index (χ1n) is 8.89. The predicted octanol–water partition coefficient (Wildman–Crippen LogP) is 3.87. The molecule has 3 aromatic rings. The molecule has 0 atom stereocenters. The molecule has 140 valence electrons. The molecule has 1 amide bonds. The lowest BCUT2D eigenvalue weighted by atomic mass is 10.1. The van der Waals surface area contributed by atoms with Crippen molar-refractivity contribution >= 4 is 17.5 Å². The van der Waals surface area contributed by atoms with Gasteiger partial charge in [-0.1, -0.05) is 41.9 Å². The third-order valence-corrected chi connectivity index (χ3v) is 4.40. The molecular weight excluding hydrogens is 360 g/mol. The zero-order chi connectivity index (χ0) is 19.2. The maximum atomic E-state index is 12.8. The number of benzene rings is 2. The monoisotopic (exact) mass is 382 g/mol. The van der Waals surface area contributed by atoms with E-state index < -0.39 is 0 Å². The standard InChI is InChI=1S/C21H23ClN4O/c1-25(2)14-6-13-23-21(27)20-15-19(16-9-11-17(22)12-10-16)24-26(20)18-7-4-3-5-8-18/h3-5,7-12,15H,6,13-14H2,1-2H3,(H,23,27). The smallest absolute Gasteiger partial charge is 0.270 e. The molecule has 0 fully saturated rings. The van der Waals surface area contributed by atoms with Crippen molar-refractivity contribution in [3.8, 4) is 16.9 Å². The Bertz CT molecular complexity index is 888. The van der Waals surface area contributed by atoms with Crippen molar-refractivity contribution in [3.05, 3.63) is 71.4 Å². The zero-order valence-corrected chi connectivity index (χ0v) is 16.3. The summed E-state index contributed by atoms with van der Waals surface area (Å²) in [5, 5.41) is 8.32. The molecule has 0 aliphatic rings. The maximum Gasteiger partial charge on any atom is 0.270 e. The van der Waals surface area contributed by atoms with Crippen molar-refractivity contribution in [3.63, 3.8) is 0 Å². The molecule has 27 heavy (non-hydrogen) atoms. The van der Waals surface area contributed by atoms with Crippen molar-refractivity contribution < 1.29 is 4.79 Å². The van der Waals surface area contributed by atoms with Crippen LogP contribution >= 0.6 is 11.6 Å². The molecule has 0 saturated heterocycles. The first-order chi connectivity index (χ1) is 13.0. The molecule has 1 N–H and O–H groups in total. The van der Waals surface area contributed by atoms with Crippen molar-refractivity contribution in [1.82, 2.24) is 20.0 Å². The second kappa shape index (κ2) is 8.84. The van der Waals surface area contributed by atoms with Crippen LogP contribution in [0.4, 0.5) is 0 Å². The van der Waals surface area contributed by atoms with Gasteiger partial charge in [-0.2, -0.15) is 5.10 Å². The van der Waals surface area contributed by atoms with Gasteiger partial charge in [-0.05, 0) is 57.4 Å². The topological polar surface area (TPSA) is 50.2 Å². The molecule has 1 heterocycles. The highest BCUT2D eigenvalue weighted by Crippen LogP contribution is 2.23. The van der Waals surface area contributed by atoms with Crippen LogP contribution in [-0.2, 0) is 0 Å². The lowest BCUT2D eigenvalue weighted by Gasteiger charge is -2.10. The molecule has 0 aliphatic heterocycles. The fraction of sp³-hybridized carbons (Fsp3) is 0.238. The Morgan fingerprint density at radius 1 is 1.11 bits per heavy atom. The number of para-hydroxylation sites is 1. The Morgan fingerprint density at radius 3 is 2.48 bits per heavy atom. The van der Waals surface area contributed by atoms with Crippen LogP contribution < -0.4 is 5.32 Å². The SMILES string of the molecule is CN(C)CCCNC(=O)c1cc(-c2ccc(Cl)cc2)nn1-c1ccccc1. The number of nitrogens with zero attached hydrogens (tertiary/aromatic N) is 3. The minimum atomic E-state index is -0.134. The summed E-state index contributed by atoms with van der Waals surface area (Å²) in [6, 6.07) is 18.9. The number of aromatic nitrogens is 2. The van der Waals surface area contributed by atoms with E-state index in [9.17, 15) is 4.79 Å². The summed E-state index contributed by atoms with van der Waals surface area (Å²) in [6.45, 7) is 1.54. The van der Waals surface area contributed by atoms with Crippen LogP contribution in [0, 0.1) is 0 Å². The van der Waals surface area contributed by atoms with Gasteiger partial charge in [-0.25, -0.2) is 4.68 Å². The molecule has 0 saturated carbocycles. The lowest BCUT2D eigenvalue weighted by Crippen LogP contribution is -2.28. The van der Waals surface area contributed by atoms with Crippen molar-refractivity contribution in [2.75, 3.05) is 27.2 Å². The number of hydrogen-bond donors (Lipinski definition) is 1. The summed E-state index contributed by atoms with van der Waals surface area (Å²) in [5.74, 6) is -0.134. The van der Waals surface area contributed by atoms with Gasteiger partial charge in [0, 0.05) is 17.1 Å². The second-order valence-corrected chi connectivity index (χ2v) is 7.02. The summed E-state index contributed by atoms with van der Waals surface area (Å²) >= 11 is 5.98. The first kappa shape index (κ1) is 19.1. The Kier molecular flexibility index (Phi) is 6.27. The molecule has 1 aromatic heterocycles. The molecule has 6 heteroatoms. The summed E-state index contributed by atoms with van der Waals surface area (Å²) in [4.78, 5) is 14.9. The fourth-order valence-corrected chi connectivity index (χ4v) is 2.88. The van der Waals surface area contributed by atoms with E-state index in [1.165, 1.54) is 0 Å². The molecule has 3 rings (SSSR count). The third kappa shape index (κ3) is 4.96. The van der Waals surface area contributed by atoms with Gasteiger partial charge in [0.15, 0.2) is 0 Å². The van der Waals surface area contributed by atoms with E-state index in [0.29, 0.717) is 17.3 Å². The largest absolute Gasteiger partial charge is 0.351 e. The first-order valence-corrected chi connectivity index (χ1v) is 9.27. The summed E-state index contributed by atoms with van der Waals surface area (Å²) in [7, 11) is 4.04. The van der Waals surface area contributed by atoms with Gasteiger partial charge < -0.3 is 10.2 Å². The van der Waals surface area contributed by atoms with E-state index in [0.717, 1.165) is 29.9 Å². The highest BCUT2D eigenvalue weighted by Gasteiger charge is 2.17. The molecule has 0 aliphatic carbocycles. The predicted molar refractivity (Wildman–Crippen MR) is 110 cm³/mol. The molecule has 2 aromatic carbocycles. The number of carbonyl (C=O) groups excluding carboxylic acids is 1. The highest BCUT2D eigenvalue weighted by atomic mass is 35.5. The van der Waals surface area contributed by atoms with Gasteiger partial charge >= 0.3 is 0 Å². The van der Waals surface area contributed by atoms with Crippen LogP contribution in [0.3, 0.4) is 0 Å². The van der Waals surface area contributed by atoms with E-state index in [2.05, 4.69) is 15.3 Å². The Balaban J connectivity index is 1.88. The Labute approximate surface area is 164 Å². The van der Waals surface area contributed by atoms with Crippen LogP contribution in [0.1, 0.15) is 16.9 Å². The minimum absolute atomic E-state index is 0.134. The van der Waals surface area contributed by atoms with Crippen molar-refractivity contribution in [2.24, 2.45) is 0 Å². The normalized spacial score (nSPS) is 11.0. The van der Waals surface area contributed by atoms with E-state index in [1.54, 1.807) is 4.68 Å². The van der Waals surface area contributed by atoms with Crippen LogP contribution in [0.25, 0.3) is 16.9 Å². The quantitative estimate of drug-likeness (QED) is 0.631. The number of hydrogen-bond acceptors (Lipinski definition) is 3. The second-order valence-electron chi connectivity index (χ2n) is 6.58. The fourth-order valence-electron chi connectivity index (χ4n) is 2.76. The van der Waals surface area contributed by atoms with Crippen LogP contribution in [0.15, 0.2) is 60.7 Å². The highest BCUT2D eigenvalue weighted by molar-refractivity contribution is 6.30. The van der Waals surface area contributed by atoms with Gasteiger partial charge in [0.2, 0.25) is 0 Å². The summed E-state index contributed by atoms with van der Waals surface area (Å²) in [5.41, 5.74) is 3.00. The number of nitrogens with one attached hydrogen (secondary N) is 1. The van der Waals surface area contributed by atoms with E-state index in [-0.39, 0.29) is 5.91 Å². The van der Waals surface area contributed by atoms with E-state index >= 15 is 0 Å².